The Labute approximate surface area is 145 Å². The molecule has 3 aromatic rings. The lowest BCUT2D eigenvalue weighted by molar-refractivity contribution is -0.141. The predicted octanol–water partition coefficient (Wildman–Crippen LogP) is 3.69. The number of carbonyl (C=O) groups is 2. The Bertz CT molecular complexity index is 1000. The lowest BCUT2D eigenvalue weighted by Gasteiger charge is -2.18. The van der Waals surface area contributed by atoms with E-state index < -0.39 is 23.7 Å². The predicted molar refractivity (Wildman–Crippen MR) is 86.1 cm³/mol. The zero-order chi connectivity index (χ0) is 18.5. The van der Waals surface area contributed by atoms with Crippen molar-refractivity contribution in [2.24, 2.45) is 0 Å². The van der Waals surface area contributed by atoms with Crippen molar-refractivity contribution in [1.82, 2.24) is 9.78 Å². The number of halogens is 3. The van der Waals surface area contributed by atoms with Crippen molar-refractivity contribution < 1.29 is 22.8 Å². The summed E-state index contributed by atoms with van der Waals surface area (Å²) in [5.41, 5.74) is -0.199. The lowest BCUT2D eigenvalue weighted by Crippen LogP contribution is -2.30. The maximum atomic E-state index is 12.8. The average Bonchev–Trinajstić information content (AvgIpc) is 3.20. The third-order valence-electron chi connectivity index (χ3n) is 4.04. The van der Waals surface area contributed by atoms with Crippen LogP contribution in [0.25, 0.3) is 5.69 Å². The number of alkyl halides is 3. The number of rotatable bonds is 2. The van der Waals surface area contributed by atoms with E-state index in [9.17, 15) is 22.8 Å². The molecule has 0 N–H and O–H groups in total. The van der Waals surface area contributed by atoms with Crippen LogP contribution in [0.3, 0.4) is 0 Å². The second-order valence-electron chi connectivity index (χ2n) is 5.62. The van der Waals surface area contributed by atoms with Gasteiger partial charge in [0, 0.05) is 6.20 Å². The van der Waals surface area contributed by atoms with E-state index >= 15 is 0 Å². The van der Waals surface area contributed by atoms with E-state index in [2.05, 4.69) is 5.10 Å². The van der Waals surface area contributed by atoms with Gasteiger partial charge in [-0.2, -0.15) is 18.3 Å². The van der Waals surface area contributed by atoms with E-state index in [1.807, 2.05) is 0 Å². The van der Waals surface area contributed by atoms with Gasteiger partial charge >= 0.3 is 6.18 Å². The first-order valence-electron chi connectivity index (χ1n) is 7.58. The molecular weight excluding hydrogens is 347 g/mol. The molecule has 26 heavy (non-hydrogen) atoms. The van der Waals surface area contributed by atoms with Gasteiger partial charge in [-0.3, -0.25) is 9.59 Å². The number of para-hydroxylation sites is 2. The number of benzene rings is 2. The van der Waals surface area contributed by atoms with Crippen LogP contribution in [0.1, 0.15) is 26.4 Å². The smallest absolute Gasteiger partial charge is 0.268 e. The van der Waals surface area contributed by atoms with Crippen LogP contribution in [0, 0.1) is 0 Å². The SMILES string of the molecule is O=C1c2ccccc2C(=O)N1c1ccccc1-n1ccc(C(F)(F)F)n1. The average molecular weight is 357 g/mol. The third-order valence-corrected chi connectivity index (χ3v) is 4.04. The fourth-order valence-corrected chi connectivity index (χ4v) is 2.86. The van der Waals surface area contributed by atoms with Crippen LogP contribution in [-0.2, 0) is 6.18 Å². The zero-order valence-corrected chi connectivity index (χ0v) is 13.1. The number of carbonyl (C=O) groups excluding carboxylic acids is 2. The molecule has 0 radical (unpaired) electrons. The molecule has 1 aliphatic rings. The molecule has 2 heterocycles. The highest BCUT2D eigenvalue weighted by molar-refractivity contribution is 6.34. The zero-order valence-electron chi connectivity index (χ0n) is 13.1. The molecule has 0 atom stereocenters. The molecule has 0 saturated carbocycles. The van der Waals surface area contributed by atoms with Gasteiger partial charge in [-0.05, 0) is 30.3 Å². The van der Waals surface area contributed by atoms with Crippen molar-refractivity contribution in [3.63, 3.8) is 0 Å². The third kappa shape index (κ3) is 2.38. The van der Waals surface area contributed by atoms with E-state index in [1.165, 1.54) is 24.3 Å². The van der Waals surface area contributed by atoms with E-state index in [0.717, 1.165) is 21.8 Å². The molecule has 5 nitrogen and oxygen atoms in total. The number of imide groups is 1. The minimum atomic E-state index is -4.59. The highest BCUT2D eigenvalue weighted by Gasteiger charge is 2.38. The molecule has 1 aromatic heterocycles. The minimum absolute atomic E-state index is 0.163. The first-order chi connectivity index (χ1) is 12.4. The van der Waals surface area contributed by atoms with E-state index in [4.69, 9.17) is 0 Å². The van der Waals surface area contributed by atoms with Crippen LogP contribution in [-0.4, -0.2) is 21.6 Å². The van der Waals surface area contributed by atoms with Crippen molar-refractivity contribution >= 4 is 17.5 Å². The lowest BCUT2D eigenvalue weighted by atomic mass is 10.1. The molecule has 1 aliphatic heterocycles. The largest absolute Gasteiger partial charge is 0.435 e. The number of hydrogen-bond donors (Lipinski definition) is 0. The molecule has 0 fully saturated rings. The number of amides is 2. The van der Waals surface area contributed by atoms with Crippen molar-refractivity contribution in [1.29, 1.82) is 0 Å². The second-order valence-corrected chi connectivity index (χ2v) is 5.62. The highest BCUT2D eigenvalue weighted by Crippen LogP contribution is 2.33. The Hall–Kier alpha value is -3.42. The fraction of sp³-hybridized carbons (Fsp3) is 0.0556. The molecule has 2 amide bonds. The van der Waals surface area contributed by atoms with E-state index in [-0.39, 0.29) is 22.5 Å². The Morgan fingerprint density at radius 1 is 0.769 bits per heavy atom. The summed E-state index contributed by atoms with van der Waals surface area (Å²) < 4.78 is 39.5. The number of nitrogens with zero attached hydrogens (tertiary/aromatic N) is 3. The Morgan fingerprint density at radius 3 is 1.85 bits per heavy atom. The van der Waals surface area contributed by atoms with Gasteiger partial charge in [0.2, 0.25) is 0 Å². The molecule has 0 unspecified atom stereocenters. The highest BCUT2D eigenvalue weighted by atomic mass is 19.4. The summed E-state index contributed by atoms with van der Waals surface area (Å²) >= 11 is 0. The fourth-order valence-electron chi connectivity index (χ4n) is 2.86. The van der Waals surface area contributed by atoms with Gasteiger partial charge in [-0.25, -0.2) is 9.58 Å². The summed E-state index contributed by atoms with van der Waals surface area (Å²) in [4.78, 5) is 26.3. The first-order valence-corrected chi connectivity index (χ1v) is 7.58. The molecule has 4 rings (SSSR count). The summed E-state index contributed by atoms with van der Waals surface area (Å²) in [7, 11) is 0. The van der Waals surface area contributed by atoms with Crippen molar-refractivity contribution in [3.8, 4) is 5.69 Å². The molecule has 0 aliphatic carbocycles. The van der Waals surface area contributed by atoms with Gasteiger partial charge in [0.15, 0.2) is 5.69 Å². The van der Waals surface area contributed by atoms with E-state index in [1.54, 1.807) is 24.3 Å². The monoisotopic (exact) mass is 357 g/mol. The van der Waals surface area contributed by atoms with Crippen molar-refractivity contribution in [3.05, 3.63) is 77.6 Å². The van der Waals surface area contributed by atoms with Gasteiger partial charge < -0.3 is 0 Å². The van der Waals surface area contributed by atoms with E-state index in [0.29, 0.717) is 0 Å². The number of aromatic nitrogens is 2. The van der Waals surface area contributed by atoms with Gasteiger partial charge in [-0.1, -0.05) is 24.3 Å². The standard InChI is InChI=1S/C18H10F3N3O2/c19-18(20,21)15-9-10-23(22-15)13-7-3-4-8-14(13)24-16(25)11-5-1-2-6-12(11)17(24)26/h1-10H. The normalized spacial score (nSPS) is 14.0. The topological polar surface area (TPSA) is 55.2 Å². The summed E-state index contributed by atoms with van der Waals surface area (Å²) in [5.74, 6) is -1.05. The summed E-state index contributed by atoms with van der Waals surface area (Å²) in [6.45, 7) is 0. The number of anilines is 1. The van der Waals surface area contributed by atoms with Crippen LogP contribution in [0.5, 0.6) is 0 Å². The molecule has 0 spiro atoms. The molecule has 2 aromatic carbocycles. The number of hydrogen-bond acceptors (Lipinski definition) is 3. The molecular formula is C18H10F3N3O2. The molecule has 8 heteroatoms. The summed E-state index contributed by atoms with van der Waals surface area (Å²) in [5, 5.41) is 3.53. The van der Waals surface area contributed by atoms with Crippen LogP contribution in [0.15, 0.2) is 60.8 Å². The molecule has 130 valence electrons. The second kappa shape index (κ2) is 5.55. The number of fused-ring (bicyclic) bond motifs is 1. The van der Waals surface area contributed by atoms with Crippen LogP contribution < -0.4 is 4.90 Å². The maximum absolute atomic E-state index is 12.8. The van der Waals surface area contributed by atoms with Gasteiger partial charge in [0.1, 0.15) is 0 Å². The summed E-state index contributed by atoms with van der Waals surface area (Å²) in [6, 6.07) is 13.4. The van der Waals surface area contributed by atoms with Crippen LogP contribution >= 0.6 is 0 Å². The first kappa shape index (κ1) is 16.1. The Balaban J connectivity index is 1.82. The quantitative estimate of drug-likeness (QED) is 0.658. The molecule has 0 bridgehead atoms. The van der Waals surface area contributed by atoms with Gasteiger partial charge in [-0.15, -0.1) is 0 Å². The summed E-state index contributed by atoms with van der Waals surface area (Å²) in [6.07, 6.45) is -3.45. The molecule has 0 saturated heterocycles. The van der Waals surface area contributed by atoms with Gasteiger partial charge in [0.25, 0.3) is 11.8 Å². The Morgan fingerprint density at radius 2 is 1.31 bits per heavy atom. The van der Waals surface area contributed by atoms with Gasteiger partial charge in [0.05, 0.1) is 22.5 Å². The minimum Gasteiger partial charge on any atom is -0.268 e. The maximum Gasteiger partial charge on any atom is 0.435 e. The Kier molecular flexibility index (Phi) is 3.43. The van der Waals surface area contributed by atoms with Crippen molar-refractivity contribution in [2.75, 3.05) is 4.90 Å². The van der Waals surface area contributed by atoms with Crippen LogP contribution in [0.2, 0.25) is 0 Å². The van der Waals surface area contributed by atoms with Crippen LogP contribution in [0.4, 0.5) is 18.9 Å². The van der Waals surface area contributed by atoms with Crippen molar-refractivity contribution in [2.45, 2.75) is 6.18 Å².